The minimum Gasteiger partial charge on any atom is -0.382 e. The summed E-state index contributed by atoms with van der Waals surface area (Å²) in [5, 5.41) is 6.74. The molecule has 1 aliphatic rings. The first-order valence-corrected chi connectivity index (χ1v) is 10.3. The molecule has 0 saturated carbocycles. The lowest BCUT2D eigenvalue weighted by Gasteiger charge is -2.34. The summed E-state index contributed by atoms with van der Waals surface area (Å²) in [7, 11) is 1.82. The van der Waals surface area contributed by atoms with E-state index in [9.17, 15) is 0 Å². The molecule has 1 aliphatic heterocycles. The van der Waals surface area contributed by atoms with Crippen molar-refractivity contribution in [3.8, 4) is 0 Å². The summed E-state index contributed by atoms with van der Waals surface area (Å²) < 4.78 is 5.35. The van der Waals surface area contributed by atoms with Gasteiger partial charge in [0.25, 0.3) is 0 Å². The van der Waals surface area contributed by atoms with Gasteiger partial charge < -0.3 is 20.3 Å². The zero-order valence-corrected chi connectivity index (χ0v) is 19.9. The lowest BCUT2D eigenvalue weighted by Crippen LogP contribution is -2.46. The van der Waals surface area contributed by atoms with Crippen LogP contribution in [0.4, 0.5) is 0 Å². The Hall–Kier alpha value is -0.900. The minimum absolute atomic E-state index is 0. The summed E-state index contributed by atoms with van der Waals surface area (Å²) in [6.45, 7) is 12.3. The fraction of sp³-hybridized carbons (Fsp3) is 0.667. The van der Waals surface area contributed by atoms with Crippen LogP contribution in [0, 0.1) is 0 Å². The maximum Gasteiger partial charge on any atom is 0.190 e. The van der Waals surface area contributed by atoms with Gasteiger partial charge in [0.2, 0.25) is 0 Å². The fourth-order valence-corrected chi connectivity index (χ4v) is 3.27. The molecule has 0 bridgehead atoms. The molecule has 0 aliphatic carbocycles. The van der Waals surface area contributed by atoms with Gasteiger partial charge in [-0.05, 0) is 31.9 Å². The Morgan fingerprint density at radius 3 is 2.29 bits per heavy atom. The number of rotatable bonds is 11. The first-order chi connectivity index (χ1) is 13.3. The first-order valence-electron chi connectivity index (χ1n) is 10.3. The van der Waals surface area contributed by atoms with Crippen molar-refractivity contribution in [2.75, 3.05) is 66.1 Å². The first kappa shape index (κ1) is 25.1. The molecule has 7 heteroatoms. The van der Waals surface area contributed by atoms with Gasteiger partial charge in [0.1, 0.15) is 0 Å². The molecular weight excluding hydrogens is 465 g/mol. The summed E-state index contributed by atoms with van der Waals surface area (Å²) in [6.07, 6.45) is 2.14. The molecule has 28 heavy (non-hydrogen) atoms. The summed E-state index contributed by atoms with van der Waals surface area (Å²) in [5.41, 5.74) is 1.41. The molecule has 1 aromatic rings. The normalized spacial score (nSPS) is 15.9. The Morgan fingerprint density at radius 2 is 1.64 bits per heavy atom. The van der Waals surface area contributed by atoms with Crippen LogP contribution >= 0.6 is 24.0 Å². The van der Waals surface area contributed by atoms with Crippen molar-refractivity contribution in [3.05, 3.63) is 35.9 Å². The Morgan fingerprint density at radius 1 is 1.00 bits per heavy atom. The summed E-state index contributed by atoms with van der Waals surface area (Å²) in [5.74, 6) is 0.888. The monoisotopic (exact) mass is 503 g/mol. The molecule has 0 amide bonds. The van der Waals surface area contributed by atoms with Crippen LogP contribution in [0.15, 0.2) is 35.3 Å². The van der Waals surface area contributed by atoms with E-state index in [-0.39, 0.29) is 24.0 Å². The standard InChI is InChI=1S/C21H37N5O.HI/c1-3-27-18-8-12-24-21(22-2)23-11-7-13-25-14-16-26(17-15-25)19-20-9-5-4-6-10-20;/h4-6,9-10H,3,7-8,11-19H2,1-2H3,(H2,22,23,24);1H. The Labute approximate surface area is 188 Å². The molecule has 0 unspecified atom stereocenters. The second-order valence-electron chi connectivity index (χ2n) is 6.93. The van der Waals surface area contributed by atoms with Crippen LogP contribution in [-0.4, -0.2) is 81.8 Å². The average molecular weight is 503 g/mol. The molecule has 0 radical (unpaired) electrons. The van der Waals surface area contributed by atoms with Crippen molar-refractivity contribution in [1.82, 2.24) is 20.4 Å². The van der Waals surface area contributed by atoms with Crippen LogP contribution in [0.5, 0.6) is 0 Å². The van der Waals surface area contributed by atoms with Crippen molar-refractivity contribution in [1.29, 1.82) is 0 Å². The van der Waals surface area contributed by atoms with E-state index in [2.05, 4.69) is 55.8 Å². The SMILES string of the molecule is CCOCCCNC(=NC)NCCCN1CCN(Cc2ccccc2)CC1.I. The zero-order chi connectivity index (χ0) is 19.2. The van der Waals surface area contributed by atoms with E-state index in [4.69, 9.17) is 4.74 Å². The fourth-order valence-electron chi connectivity index (χ4n) is 3.27. The van der Waals surface area contributed by atoms with E-state index in [0.29, 0.717) is 0 Å². The smallest absolute Gasteiger partial charge is 0.190 e. The minimum atomic E-state index is 0. The summed E-state index contributed by atoms with van der Waals surface area (Å²) >= 11 is 0. The molecule has 2 N–H and O–H groups in total. The molecular formula is C21H38IN5O. The van der Waals surface area contributed by atoms with E-state index in [1.54, 1.807) is 0 Å². The highest BCUT2D eigenvalue weighted by Gasteiger charge is 2.16. The maximum atomic E-state index is 5.35. The van der Waals surface area contributed by atoms with Crippen LogP contribution in [0.3, 0.4) is 0 Å². The number of benzene rings is 1. The van der Waals surface area contributed by atoms with Crippen molar-refractivity contribution < 1.29 is 4.74 Å². The number of hydrogen-bond acceptors (Lipinski definition) is 4. The van der Waals surface area contributed by atoms with Gasteiger partial charge in [0.15, 0.2) is 5.96 Å². The largest absolute Gasteiger partial charge is 0.382 e. The number of nitrogens with one attached hydrogen (secondary N) is 2. The summed E-state index contributed by atoms with van der Waals surface area (Å²) in [6, 6.07) is 10.8. The molecule has 1 saturated heterocycles. The van der Waals surface area contributed by atoms with E-state index < -0.39 is 0 Å². The molecule has 1 aromatic carbocycles. The molecule has 160 valence electrons. The number of halogens is 1. The second-order valence-corrected chi connectivity index (χ2v) is 6.93. The molecule has 6 nitrogen and oxygen atoms in total. The number of guanidine groups is 1. The highest BCUT2D eigenvalue weighted by molar-refractivity contribution is 14.0. The van der Waals surface area contributed by atoms with Crippen LogP contribution in [0.1, 0.15) is 25.3 Å². The number of ether oxygens (including phenoxy) is 1. The zero-order valence-electron chi connectivity index (χ0n) is 17.5. The van der Waals surface area contributed by atoms with Crippen molar-refractivity contribution in [2.45, 2.75) is 26.3 Å². The van der Waals surface area contributed by atoms with Gasteiger partial charge in [0, 0.05) is 66.1 Å². The van der Waals surface area contributed by atoms with Crippen LogP contribution in [0.2, 0.25) is 0 Å². The van der Waals surface area contributed by atoms with Crippen molar-refractivity contribution >= 4 is 29.9 Å². The number of aliphatic imine (C=N–C) groups is 1. The number of piperazine rings is 1. The molecule has 0 aromatic heterocycles. The number of nitrogens with zero attached hydrogens (tertiary/aromatic N) is 3. The Kier molecular flexibility index (Phi) is 14.3. The highest BCUT2D eigenvalue weighted by Crippen LogP contribution is 2.08. The summed E-state index contributed by atoms with van der Waals surface area (Å²) in [4.78, 5) is 9.40. The van der Waals surface area contributed by atoms with E-state index >= 15 is 0 Å². The third kappa shape index (κ3) is 10.6. The van der Waals surface area contributed by atoms with E-state index in [1.165, 1.54) is 5.56 Å². The number of hydrogen-bond donors (Lipinski definition) is 2. The predicted molar refractivity (Wildman–Crippen MR) is 129 cm³/mol. The molecule has 1 fully saturated rings. The quantitative estimate of drug-likeness (QED) is 0.210. The molecule has 2 rings (SSSR count). The Bertz CT molecular complexity index is 521. The lowest BCUT2D eigenvalue weighted by atomic mass is 10.2. The lowest BCUT2D eigenvalue weighted by molar-refractivity contribution is 0.126. The van der Waals surface area contributed by atoms with Crippen molar-refractivity contribution in [2.24, 2.45) is 4.99 Å². The second kappa shape index (κ2) is 16.0. The van der Waals surface area contributed by atoms with Gasteiger partial charge >= 0.3 is 0 Å². The predicted octanol–water partition coefficient (Wildman–Crippen LogP) is 2.40. The van der Waals surface area contributed by atoms with Gasteiger partial charge in [-0.1, -0.05) is 30.3 Å². The molecule has 1 heterocycles. The van der Waals surface area contributed by atoms with Gasteiger partial charge in [0.05, 0.1) is 0 Å². The molecule has 0 spiro atoms. The van der Waals surface area contributed by atoms with Crippen LogP contribution < -0.4 is 10.6 Å². The van der Waals surface area contributed by atoms with E-state index in [1.807, 2.05) is 14.0 Å². The topological polar surface area (TPSA) is 52.1 Å². The van der Waals surface area contributed by atoms with Crippen molar-refractivity contribution in [3.63, 3.8) is 0 Å². The highest BCUT2D eigenvalue weighted by atomic mass is 127. The van der Waals surface area contributed by atoms with E-state index in [0.717, 1.165) is 84.4 Å². The molecule has 0 atom stereocenters. The Balaban J connectivity index is 0.00000392. The van der Waals surface area contributed by atoms with Gasteiger partial charge in [-0.15, -0.1) is 24.0 Å². The average Bonchev–Trinajstić information content (AvgIpc) is 2.71. The van der Waals surface area contributed by atoms with Gasteiger partial charge in [-0.2, -0.15) is 0 Å². The van der Waals surface area contributed by atoms with Crippen LogP contribution in [0.25, 0.3) is 0 Å². The van der Waals surface area contributed by atoms with Crippen LogP contribution in [-0.2, 0) is 11.3 Å². The van der Waals surface area contributed by atoms with Gasteiger partial charge in [-0.25, -0.2) is 0 Å². The third-order valence-corrected chi connectivity index (χ3v) is 4.84. The third-order valence-electron chi connectivity index (χ3n) is 4.84. The maximum absolute atomic E-state index is 5.35. The van der Waals surface area contributed by atoms with Gasteiger partial charge in [-0.3, -0.25) is 9.89 Å².